The van der Waals surface area contributed by atoms with Gasteiger partial charge in [0.05, 0.1) is 0 Å². The lowest BCUT2D eigenvalue weighted by Gasteiger charge is -2.05. The molecule has 1 N–H and O–H groups in total. The van der Waals surface area contributed by atoms with Crippen LogP contribution in [0.4, 0.5) is 0 Å². The molecule has 0 radical (unpaired) electrons. The number of benzene rings is 1. The number of hydrogen-bond donors (Lipinski definition) is 1. The maximum absolute atomic E-state index is 11.3. The highest BCUT2D eigenvalue weighted by atomic mass is 32.2. The van der Waals surface area contributed by atoms with Gasteiger partial charge in [-0.15, -0.1) is 0 Å². The van der Waals surface area contributed by atoms with Crippen LogP contribution in [-0.2, 0) is 16.1 Å². The number of amides is 1. The maximum atomic E-state index is 11.3. The van der Waals surface area contributed by atoms with Crippen LogP contribution < -0.4 is 8.91 Å². The van der Waals surface area contributed by atoms with E-state index >= 15 is 0 Å². The minimum absolute atomic E-state index is 0.254. The summed E-state index contributed by atoms with van der Waals surface area (Å²) in [5.74, 6) is 0.215. The lowest BCUT2D eigenvalue weighted by atomic mass is 10.2. The second-order valence-corrected chi connectivity index (χ2v) is 4.10. The van der Waals surface area contributed by atoms with Crippen molar-refractivity contribution in [3.8, 4) is 5.75 Å². The van der Waals surface area contributed by atoms with Crippen molar-refractivity contribution in [3.05, 3.63) is 30.3 Å². The number of nitrogens with one attached hydrogen (secondary N) is 1. The topological polar surface area (TPSA) is 55.4 Å². The molecular weight excluding hydrogens is 226 g/mol. The summed E-state index contributed by atoms with van der Waals surface area (Å²) < 4.78 is 18.6. The first kappa shape index (κ1) is 12.7. The summed E-state index contributed by atoms with van der Waals surface area (Å²) in [6.07, 6.45) is 2.09. The molecule has 0 aliphatic carbocycles. The summed E-state index contributed by atoms with van der Waals surface area (Å²) >= 11 is -1.80. The molecule has 0 bridgehead atoms. The van der Waals surface area contributed by atoms with Gasteiger partial charge in [-0.1, -0.05) is 31.5 Å². The summed E-state index contributed by atoms with van der Waals surface area (Å²) in [7, 11) is 0. The molecule has 5 heteroatoms. The van der Waals surface area contributed by atoms with Gasteiger partial charge in [-0.05, 0) is 18.6 Å². The smallest absolute Gasteiger partial charge is 0.318 e. The number of rotatable bonds is 6. The van der Waals surface area contributed by atoms with Crippen molar-refractivity contribution in [1.29, 1.82) is 0 Å². The van der Waals surface area contributed by atoms with Crippen LogP contribution in [0.2, 0.25) is 0 Å². The number of carbonyl (C=O) groups is 1. The summed E-state index contributed by atoms with van der Waals surface area (Å²) in [5.41, 5.74) is 0. The zero-order valence-corrected chi connectivity index (χ0v) is 9.96. The van der Waals surface area contributed by atoms with Crippen LogP contribution >= 0.6 is 0 Å². The fraction of sp³-hybridized carbons (Fsp3) is 0.364. The van der Waals surface area contributed by atoms with Gasteiger partial charge in [0.25, 0.3) is 0 Å². The Morgan fingerprint density at radius 1 is 1.38 bits per heavy atom. The van der Waals surface area contributed by atoms with Crippen LogP contribution in [0.15, 0.2) is 30.3 Å². The van der Waals surface area contributed by atoms with E-state index in [1.165, 1.54) is 0 Å². The van der Waals surface area contributed by atoms with E-state index in [-0.39, 0.29) is 5.91 Å². The molecule has 88 valence electrons. The fourth-order valence-electron chi connectivity index (χ4n) is 1.07. The number of para-hydroxylation sites is 1. The SMILES string of the molecule is CCCCC(=O)NS(=O)Oc1ccccc1. The molecule has 1 rings (SSSR count). The van der Waals surface area contributed by atoms with Gasteiger partial charge >= 0.3 is 11.3 Å². The standard InChI is InChI=1S/C11H15NO3S/c1-2-3-9-11(13)12-16(14)15-10-7-5-4-6-8-10/h4-8H,2-3,9H2,1H3,(H,12,13). The molecule has 1 aromatic carbocycles. The van der Waals surface area contributed by atoms with Crippen molar-refractivity contribution in [2.45, 2.75) is 26.2 Å². The van der Waals surface area contributed by atoms with Gasteiger partial charge in [0, 0.05) is 6.42 Å². The van der Waals surface area contributed by atoms with E-state index in [2.05, 4.69) is 4.72 Å². The molecular formula is C11H15NO3S. The minimum Gasteiger partial charge on any atom is -0.385 e. The van der Waals surface area contributed by atoms with Gasteiger partial charge in [-0.25, -0.2) is 4.72 Å². The van der Waals surface area contributed by atoms with E-state index in [1.807, 2.05) is 13.0 Å². The quantitative estimate of drug-likeness (QED) is 0.828. The normalized spacial score (nSPS) is 11.8. The van der Waals surface area contributed by atoms with Crippen LogP contribution in [0.25, 0.3) is 0 Å². The third kappa shape index (κ3) is 4.93. The Labute approximate surface area is 97.8 Å². The van der Waals surface area contributed by atoms with Gasteiger partial charge in [0.2, 0.25) is 5.91 Å². The Kier molecular flexibility index (Phi) is 5.56. The molecule has 0 saturated carbocycles. The van der Waals surface area contributed by atoms with Crippen molar-refractivity contribution in [2.75, 3.05) is 0 Å². The molecule has 0 spiro atoms. The Bertz CT molecular complexity index is 354. The van der Waals surface area contributed by atoms with Gasteiger partial charge in [-0.2, -0.15) is 4.21 Å². The third-order valence-corrected chi connectivity index (χ3v) is 2.61. The van der Waals surface area contributed by atoms with Crippen molar-refractivity contribution >= 4 is 17.2 Å². The highest BCUT2D eigenvalue weighted by Gasteiger charge is 2.07. The van der Waals surface area contributed by atoms with E-state index in [0.29, 0.717) is 12.2 Å². The molecule has 1 unspecified atom stereocenters. The largest absolute Gasteiger partial charge is 0.385 e. The molecule has 0 saturated heterocycles. The second-order valence-electron chi connectivity index (χ2n) is 3.26. The molecule has 16 heavy (non-hydrogen) atoms. The average molecular weight is 241 g/mol. The number of hydrogen-bond acceptors (Lipinski definition) is 3. The summed E-state index contributed by atoms with van der Waals surface area (Å²) in [5, 5.41) is 0. The Balaban J connectivity index is 2.34. The third-order valence-electron chi connectivity index (χ3n) is 1.87. The average Bonchev–Trinajstić information content (AvgIpc) is 2.27. The fourth-order valence-corrected chi connectivity index (χ4v) is 1.68. The van der Waals surface area contributed by atoms with E-state index < -0.39 is 11.3 Å². The first-order chi connectivity index (χ1) is 7.72. The van der Waals surface area contributed by atoms with E-state index in [4.69, 9.17) is 4.18 Å². The van der Waals surface area contributed by atoms with Crippen molar-refractivity contribution in [3.63, 3.8) is 0 Å². The van der Waals surface area contributed by atoms with Crippen LogP contribution in [0.5, 0.6) is 5.75 Å². The number of carbonyl (C=O) groups excluding carboxylic acids is 1. The minimum atomic E-state index is -1.80. The first-order valence-electron chi connectivity index (χ1n) is 5.17. The van der Waals surface area contributed by atoms with Crippen LogP contribution in [0.3, 0.4) is 0 Å². The van der Waals surface area contributed by atoms with Crippen LogP contribution in [0.1, 0.15) is 26.2 Å². The lowest BCUT2D eigenvalue weighted by molar-refractivity contribution is -0.119. The van der Waals surface area contributed by atoms with Crippen molar-refractivity contribution < 1.29 is 13.2 Å². The molecule has 0 heterocycles. The zero-order chi connectivity index (χ0) is 11.8. The molecule has 4 nitrogen and oxygen atoms in total. The summed E-state index contributed by atoms with van der Waals surface area (Å²) in [4.78, 5) is 11.2. The first-order valence-corrected chi connectivity index (χ1v) is 6.24. The maximum Gasteiger partial charge on any atom is 0.318 e. The van der Waals surface area contributed by atoms with Crippen LogP contribution in [0, 0.1) is 0 Å². The van der Waals surface area contributed by atoms with E-state index in [1.54, 1.807) is 24.3 Å². The van der Waals surface area contributed by atoms with Gasteiger partial charge < -0.3 is 4.18 Å². The van der Waals surface area contributed by atoms with Gasteiger partial charge in [-0.3, -0.25) is 4.79 Å². The van der Waals surface area contributed by atoms with E-state index in [0.717, 1.165) is 12.8 Å². The highest BCUT2D eigenvalue weighted by molar-refractivity contribution is 7.79. The Hall–Kier alpha value is -1.36. The Morgan fingerprint density at radius 2 is 2.06 bits per heavy atom. The second kappa shape index (κ2) is 7.00. The molecule has 0 aromatic heterocycles. The predicted octanol–water partition coefficient (Wildman–Crippen LogP) is 1.95. The summed E-state index contributed by atoms with van der Waals surface area (Å²) in [6.45, 7) is 1.99. The van der Waals surface area contributed by atoms with Crippen molar-refractivity contribution in [1.82, 2.24) is 4.72 Å². The highest BCUT2D eigenvalue weighted by Crippen LogP contribution is 2.09. The molecule has 0 aliphatic heterocycles. The Morgan fingerprint density at radius 3 is 2.69 bits per heavy atom. The zero-order valence-electron chi connectivity index (χ0n) is 9.14. The van der Waals surface area contributed by atoms with Crippen LogP contribution in [-0.4, -0.2) is 10.1 Å². The number of unbranched alkanes of at least 4 members (excludes halogenated alkanes) is 1. The molecule has 1 aromatic rings. The molecule has 1 atom stereocenters. The monoisotopic (exact) mass is 241 g/mol. The lowest BCUT2D eigenvalue weighted by Crippen LogP contribution is -2.28. The predicted molar refractivity (Wildman–Crippen MR) is 62.9 cm³/mol. The van der Waals surface area contributed by atoms with Gasteiger partial charge in [0.15, 0.2) is 0 Å². The van der Waals surface area contributed by atoms with E-state index in [9.17, 15) is 9.00 Å². The van der Waals surface area contributed by atoms with Crippen molar-refractivity contribution in [2.24, 2.45) is 0 Å². The molecule has 0 aliphatic rings. The molecule has 0 fully saturated rings. The van der Waals surface area contributed by atoms with Gasteiger partial charge in [0.1, 0.15) is 5.75 Å². The summed E-state index contributed by atoms with van der Waals surface area (Å²) in [6, 6.07) is 8.72. The molecule has 1 amide bonds.